The molecule has 0 aliphatic heterocycles. The Bertz CT molecular complexity index is 1690. The fraction of sp³-hybridized carbons (Fsp3) is 0.848. The van der Waals surface area contributed by atoms with Crippen LogP contribution in [0.25, 0.3) is 0 Å². The number of esters is 2. The summed E-state index contributed by atoms with van der Waals surface area (Å²) >= 11 is 0. The molecule has 0 amide bonds. The van der Waals surface area contributed by atoms with Gasteiger partial charge in [0, 0.05) is 12.8 Å². The Balaban J connectivity index is 3.90. The minimum absolute atomic E-state index is 0.0301. The van der Waals surface area contributed by atoms with Gasteiger partial charge in [0.15, 0.2) is 6.10 Å². The van der Waals surface area contributed by atoms with Gasteiger partial charge in [-0.25, -0.2) is 4.57 Å². The summed E-state index contributed by atoms with van der Waals surface area (Å²) in [5.41, 5.74) is 0. The number of hydrogen-bond acceptors (Lipinski definition) is 7. The van der Waals surface area contributed by atoms with Crippen molar-refractivity contribution in [2.75, 3.05) is 47.5 Å². The molecular weight excluding hydrogens is 1120 g/mol. The lowest BCUT2D eigenvalue weighted by Gasteiger charge is -2.24. The number of rotatable bonds is 72. The molecule has 0 aromatic rings. The molecule has 1 N–H and O–H groups in total. The number of hydrogen-bond donors (Lipinski definition) is 1. The van der Waals surface area contributed by atoms with E-state index in [1.54, 1.807) is 0 Å². The van der Waals surface area contributed by atoms with Crippen LogP contribution in [0.4, 0.5) is 0 Å². The molecule has 0 saturated carbocycles. The smallest absolute Gasteiger partial charge is 0.462 e. The summed E-state index contributed by atoms with van der Waals surface area (Å²) in [6.45, 7) is 4.37. The number of carbonyl (C=O) groups is 2. The lowest BCUT2D eigenvalue weighted by atomic mass is 10.0. The predicted octanol–water partition coefficient (Wildman–Crippen LogP) is 25.3. The molecule has 0 rings (SSSR count). The lowest BCUT2D eigenvalue weighted by molar-refractivity contribution is -0.870. The highest BCUT2D eigenvalue weighted by Crippen LogP contribution is 2.43. The van der Waals surface area contributed by atoms with Crippen LogP contribution in [0, 0.1) is 0 Å². The van der Waals surface area contributed by atoms with Gasteiger partial charge in [-0.3, -0.25) is 18.6 Å². The standard InChI is InChI=1S/C79H148NO8P/c1-6-8-10-12-14-16-18-20-22-24-26-28-30-32-33-34-35-36-37-38-39-40-41-42-43-44-45-46-48-49-51-53-55-57-59-61-63-65-67-69-71-78(81)85-75-77(76-87-89(83,84)86-74-73-80(3,4)5)88-79(82)72-70-68-66-64-62-60-58-56-54-52-50-47-31-29-27-25-23-21-19-17-15-13-11-9-7-2/h9,11,15,17,21,23,27,29,47,50,77H,6-8,10,12-14,16,18-20,22,24-26,28,30-46,48-49,51-76H2,1-5H3/p+1/b11-9-,17-15-,23-21-,29-27-,50-47-. The Hall–Kier alpha value is -2.29. The highest BCUT2D eigenvalue weighted by Gasteiger charge is 2.27. The molecule has 0 aromatic heterocycles. The summed E-state index contributed by atoms with van der Waals surface area (Å²) in [6, 6.07) is 0. The van der Waals surface area contributed by atoms with Crippen molar-refractivity contribution in [2.24, 2.45) is 0 Å². The topological polar surface area (TPSA) is 108 Å². The van der Waals surface area contributed by atoms with Crippen molar-refractivity contribution in [1.29, 1.82) is 0 Å². The average Bonchev–Trinajstić information content (AvgIpc) is 3.60. The quantitative estimate of drug-likeness (QED) is 0.0211. The number of phosphoric acid groups is 1. The minimum atomic E-state index is -4.40. The molecule has 9 nitrogen and oxygen atoms in total. The first-order chi connectivity index (χ1) is 43.5. The first-order valence-corrected chi connectivity index (χ1v) is 40.0. The molecular formula is C79H149NO8P+. The maximum Gasteiger partial charge on any atom is 0.472 e. The lowest BCUT2D eigenvalue weighted by Crippen LogP contribution is -2.37. The number of nitrogens with zero attached hydrogens (tertiary/aromatic N) is 1. The fourth-order valence-corrected chi connectivity index (χ4v) is 12.2. The zero-order chi connectivity index (χ0) is 64.8. The van der Waals surface area contributed by atoms with Crippen LogP contribution in [0.5, 0.6) is 0 Å². The summed E-state index contributed by atoms with van der Waals surface area (Å²) in [7, 11) is 1.48. The molecule has 0 aliphatic rings. The van der Waals surface area contributed by atoms with E-state index < -0.39 is 26.5 Å². The number of unbranched alkanes of at least 4 members (excludes halogenated alkanes) is 48. The van der Waals surface area contributed by atoms with Gasteiger partial charge in [-0.2, -0.15) is 0 Å². The Morgan fingerprint density at radius 1 is 0.360 bits per heavy atom. The second kappa shape index (κ2) is 70.0. The third-order valence-electron chi connectivity index (χ3n) is 17.3. The zero-order valence-electron chi connectivity index (χ0n) is 59.7. The van der Waals surface area contributed by atoms with Gasteiger partial charge < -0.3 is 18.9 Å². The van der Waals surface area contributed by atoms with Gasteiger partial charge >= 0.3 is 19.8 Å². The molecule has 0 aliphatic carbocycles. The molecule has 2 unspecified atom stereocenters. The maximum absolute atomic E-state index is 12.9. The van der Waals surface area contributed by atoms with E-state index >= 15 is 0 Å². The van der Waals surface area contributed by atoms with Crippen molar-refractivity contribution in [3.63, 3.8) is 0 Å². The van der Waals surface area contributed by atoms with Crippen molar-refractivity contribution in [3.8, 4) is 0 Å². The monoisotopic (exact) mass is 1270 g/mol. The van der Waals surface area contributed by atoms with Crippen LogP contribution >= 0.6 is 7.82 Å². The molecule has 10 heteroatoms. The van der Waals surface area contributed by atoms with Gasteiger partial charge in [0.25, 0.3) is 0 Å². The van der Waals surface area contributed by atoms with Gasteiger partial charge in [-0.15, -0.1) is 0 Å². The number of carbonyl (C=O) groups excluding carboxylic acids is 2. The molecule has 2 atom stereocenters. The second-order valence-corrected chi connectivity index (χ2v) is 28.8. The second-order valence-electron chi connectivity index (χ2n) is 27.4. The summed E-state index contributed by atoms with van der Waals surface area (Å²) in [5.74, 6) is -0.789. The van der Waals surface area contributed by atoms with E-state index in [0.29, 0.717) is 23.9 Å². The van der Waals surface area contributed by atoms with Crippen LogP contribution in [0.3, 0.4) is 0 Å². The van der Waals surface area contributed by atoms with E-state index in [9.17, 15) is 19.0 Å². The van der Waals surface area contributed by atoms with Crippen LogP contribution in [0.1, 0.15) is 380 Å². The average molecular weight is 1270 g/mol. The van der Waals surface area contributed by atoms with Crippen molar-refractivity contribution in [1.82, 2.24) is 0 Å². The zero-order valence-corrected chi connectivity index (χ0v) is 60.6. The summed E-state index contributed by atoms with van der Waals surface area (Å²) in [4.78, 5) is 35.9. The number of likely N-dealkylation sites (N-methyl/N-ethyl adjacent to an activating group) is 1. The van der Waals surface area contributed by atoms with Crippen LogP contribution in [0.15, 0.2) is 60.8 Å². The van der Waals surface area contributed by atoms with Gasteiger partial charge in [0.2, 0.25) is 0 Å². The minimum Gasteiger partial charge on any atom is -0.462 e. The first-order valence-electron chi connectivity index (χ1n) is 38.5. The number of quaternary nitrogens is 1. The van der Waals surface area contributed by atoms with Crippen LogP contribution in [0.2, 0.25) is 0 Å². The Morgan fingerprint density at radius 2 is 0.640 bits per heavy atom. The summed E-state index contributed by atoms with van der Waals surface area (Å²) in [6.07, 6.45) is 93.7. The molecule has 522 valence electrons. The van der Waals surface area contributed by atoms with E-state index in [-0.39, 0.29) is 25.6 Å². The third kappa shape index (κ3) is 74.6. The van der Waals surface area contributed by atoms with Gasteiger partial charge in [0.05, 0.1) is 27.7 Å². The van der Waals surface area contributed by atoms with Gasteiger partial charge in [-0.05, 0) is 57.8 Å². The summed E-state index contributed by atoms with van der Waals surface area (Å²) < 4.78 is 34.8. The molecule has 0 saturated heterocycles. The van der Waals surface area contributed by atoms with Crippen molar-refractivity contribution >= 4 is 19.8 Å². The molecule has 0 fully saturated rings. The highest BCUT2D eigenvalue weighted by atomic mass is 31.2. The van der Waals surface area contributed by atoms with Crippen molar-refractivity contribution in [2.45, 2.75) is 386 Å². The summed E-state index contributed by atoms with van der Waals surface area (Å²) in [5, 5.41) is 0. The Morgan fingerprint density at radius 3 is 0.955 bits per heavy atom. The molecule has 89 heavy (non-hydrogen) atoms. The van der Waals surface area contributed by atoms with E-state index in [0.717, 1.165) is 77.0 Å². The van der Waals surface area contributed by atoms with Crippen molar-refractivity contribution in [3.05, 3.63) is 60.8 Å². The number of allylic oxidation sites excluding steroid dienone is 10. The molecule has 0 heterocycles. The SMILES string of the molecule is CC/C=C\C/C=C\C/C=C\C/C=C\C/C=C\CCCCCCCCCCCC(=O)OC(COC(=O)CCCCCCCCCCCCCCCCCCCCCCCCCCCCCCCCCCCCCCCCCC)COP(=O)(O)OCC[N+](C)(C)C. The predicted molar refractivity (Wildman–Crippen MR) is 386 cm³/mol. The first kappa shape index (κ1) is 86.7. The highest BCUT2D eigenvalue weighted by molar-refractivity contribution is 7.47. The molecule has 0 spiro atoms. The fourth-order valence-electron chi connectivity index (χ4n) is 11.5. The molecule has 0 bridgehead atoms. The number of ether oxygens (including phenoxy) is 2. The van der Waals surface area contributed by atoms with Crippen LogP contribution in [-0.4, -0.2) is 74.9 Å². The molecule has 0 radical (unpaired) electrons. The van der Waals surface area contributed by atoms with E-state index in [4.69, 9.17) is 18.5 Å². The number of phosphoric ester groups is 1. The van der Waals surface area contributed by atoms with E-state index in [2.05, 4.69) is 74.6 Å². The third-order valence-corrected chi connectivity index (χ3v) is 18.3. The maximum atomic E-state index is 12.9. The van der Waals surface area contributed by atoms with E-state index in [1.165, 1.54) is 270 Å². The molecule has 0 aromatic carbocycles. The van der Waals surface area contributed by atoms with Crippen LogP contribution < -0.4 is 0 Å². The van der Waals surface area contributed by atoms with Gasteiger partial charge in [0.1, 0.15) is 19.8 Å². The van der Waals surface area contributed by atoms with E-state index in [1.807, 2.05) is 21.1 Å². The Kier molecular flexibility index (Phi) is 68.2. The normalized spacial score (nSPS) is 13.4. The van der Waals surface area contributed by atoms with Crippen molar-refractivity contribution < 1.29 is 42.1 Å². The van der Waals surface area contributed by atoms with Gasteiger partial charge in [-0.1, -0.05) is 370 Å². The van der Waals surface area contributed by atoms with Crippen LogP contribution in [-0.2, 0) is 32.7 Å². The Labute approximate surface area is 553 Å². The largest absolute Gasteiger partial charge is 0.472 e.